The molecule has 6 rings (SSSR count). The molecule has 214 valence electrons. The summed E-state index contributed by atoms with van der Waals surface area (Å²) in [6.45, 7) is 9.93. The highest BCUT2D eigenvalue weighted by molar-refractivity contribution is 5.90. The van der Waals surface area contributed by atoms with Crippen LogP contribution < -0.4 is 9.80 Å². The summed E-state index contributed by atoms with van der Waals surface area (Å²) in [4.78, 5) is 4.52. The molecule has 2 heteroatoms. The zero-order valence-electron chi connectivity index (χ0n) is 25.3. The van der Waals surface area contributed by atoms with Crippen molar-refractivity contribution in [3.63, 3.8) is 0 Å². The number of rotatable bonds is 9. The van der Waals surface area contributed by atoms with Crippen molar-refractivity contribution in [1.29, 1.82) is 0 Å². The summed E-state index contributed by atoms with van der Waals surface area (Å²) in [5.41, 5.74) is 11.4. The average Bonchev–Trinajstić information content (AvgIpc) is 3.08. The molecule has 0 N–H and O–H groups in total. The van der Waals surface area contributed by atoms with E-state index in [2.05, 4.69) is 176 Å². The average molecular weight is 569 g/mol. The third kappa shape index (κ3) is 5.97. The minimum Gasteiger partial charge on any atom is -0.345 e. The molecule has 0 radical (unpaired) electrons. The van der Waals surface area contributed by atoms with E-state index in [-0.39, 0.29) is 0 Å². The van der Waals surface area contributed by atoms with Gasteiger partial charge in [0.2, 0.25) is 0 Å². The first-order chi connectivity index (χ1) is 21.5. The molecule has 2 nitrogen and oxygen atoms in total. The number of anilines is 5. The normalized spacial score (nSPS) is 11.3. The number of aryl methyl sites for hydroxylation is 1. The van der Waals surface area contributed by atoms with Crippen molar-refractivity contribution in [1.82, 2.24) is 0 Å². The Kier molecular flexibility index (Phi) is 8.25. The maximum absolute atomic E-state index is 3.97. The van der Waals surface area contributed by atoms with Crippen LogP contribution in [0.3, 0.4) is 0 Å². The molecule has 0 aromatic heterocycles. The molecule has 0 saturated carbocycles. The van der Waals surface area contributed by atoms with Gasteiger partial charge in [0.15, 0.2) is 0 Å². The molecule has 0 aliphatic rings. The summed E-state index contributed by atoms with van der Waals surface area (Å²) < 4.78 is 0. The van der Waals surface area contributed by atoms with Gasteiger partial charge in [0.05, 0.1) is 0 Å². The Morgan fingerprint density at radius 2 is 1.05 bits per heavy atom. The van der Waals surface area contributed by atoms with Gasteiger partial charge in [-0.15, -0.1) is 0 Å². The van der Waals surface area contributed by atoms with Gasteiger partial charge in [-0.1, -0.05) is 116 Å². The van der Waals surface area contributed by atoms with Crippen molar-refractivity contribution in [2.45, 2.75) is 6.92 Å². The van der Waals surface area contributed by atoms with Crippen LogP contribution in [0, 0.1) is 6.92 Å². The van der Waals surface area contributed by atoms with E-state index < -0.39 is 0 Å². The molecule has 0 atom stereocenters. The van der Waals surface area contributed by atoms with E-state index >= 15 is 0 Å². The minimum atomic E-state index is 1.05. The Bertz CT molecular complexity index is 1930. The highest BCUT2D eigenvalue weighted by Gasteiger charge is 2.14. The zero-order valence-corrected chi connectivity index (χ0v) is 25.3. The van der Waals surface area contributed by atoms with E-state index in [1.54, 1.807) is 6.08 Å². The Hall–Kier alpha value is -5.60. The van der Waals surface area contributed by atoms with E-state index in [4.69, 9.17) is 0 Å². The fraction of sp³-hybridized carbons (Fsp3) is 0.0476. The van der Waals surface area contributed by atoms with Crippen LogP contribution in [0.25, 0.3) is 27.5 Å². The van der Waals surface area contributed by atoms with Gasteiger partial charge in [-0.25, -0.2) is 0 Å². The number of hydrogen-bond acceptors (Lipinski definition) is 2. The lowest BCUT2D eigenvalue weighted by Crippen LogP contribution is -2.10. The monoisotopic (exact) mass is 568 g/mol. The molecule has 0 saturated heterocycles. The minimum absolute atomic E-state index is 1.05. The van der Waals surface area contributed by atoms with Gasteiger partial charge < -0.3 is 9.80 Å². The van der Waals surface area contributed by atoms with Gasteiger partial charge in [0, 0.05) is 35.5 Å². The van der Waals surface area contributed by atoms with Crippen LogP contribution in [-0.4, -0.2) is 7.05 Å². The maximum atomic E-state index is 3.97. The third-order valence-corrected chi connectivity index (χ3v) is 8.10. The molecule has 0 bridgehead atoms. The Morgan fingerprint density at radius 1 is 0.545 bits per heavy atom. The number of allylic oxidation sites excluding steroid dienone is 4. The fourth-order valence-corrected chi connectivity index (χ4v) is 5.57. The predicted molar refractivity (Wildman–Crippen MR) is 192 cm³/mol. The van der Waals surface area contributed by atoms with Gasteiger partial charge in [-0.2, -0.15) is 0 Å². The molecule has 0 fully saturated rings. The molecular weight excluding hydrogens is 532 g/mol. The van der Waals surface area contributed by atoms with E-state index in [9.17, 15) is 0 Å². The van der Waals surface area contributed by atoms with Gasteiger partial charge in [0.25, 0.3) is 0 Å². The lowest BCUT2D eigenvalue weighted by Gasteiger charge is -2.26. The first-order valence-electron chi connectivity index (χ1n) is 14.9. The van der Waals surface area contributed by atoms with Crippen LogP contribution in [0.4, 0.5) is 28.4 Å². The van der Waals surface area contributed by atoms with Crippen LogP contribution >= 0.6 is 0 Å². The Labute approximate surface area is 261 Å². The van der Waals surface area contributed by atoms with Gasteiger partial charge >= 0.3 is 0 Å². The molecule has 0 spiro atoms. The lowest BCUT2D eigenvalue weighted by atomic mass is 10.0. The van der Waals surface area contributed by atoms with Gasteiger partial charge in [0.1, 0.15) is 0 Å². The fourth-order valence-electron chi connectivity index (χ4n) is 5.57. The number of benzene rings is 6. The van der Waals surface area contributed by atoms with Crippen LogP contribution in [0.15, 0.2) is 171 Å². The molecule has 0 amide bonds. The van der Waals surface area contributed by atoms with Crippen LogP contribution in [0.1, 0.15) is 11.1 Å². The predicted octanol–water partition coefficient (Wildman–Crippen LogP) is 11.8. The second kappa shape index (κ2) is 12.7. The molecule has 6 aromatic rings. The standard InChI is InChI=1S/C42H36N2/c1-5-9-32(6-2)34-16-25-40(26-17-34)44(42-29-20-33-10-7-8-11-37(33)30-42)41-27-18-36(19-28-41)35-14-23-39(24-15-35)43(4)38-21-12-31(3)13-22-38/h5-30H,1-2H2,3-4H3/b32-9+. The highest BCUT2D eigenvalue weighted by atomic mass is 15.1. The summed E-state index contributed by atoms with van der Waals surface area (Å²) in [6.07, 6.45) is 5.64. The lowest BCUT2D eigenvalue weighted by molar-refractivity contribution is 1.20. The molecule has 44 heavy (non-hydrogen) atoms. The number of nitrogens with zero attached hydrogens (tertiary/aromatic N) is 2. The molecule has 6 aromatic carbocycles. The van der Waals surface area contributed by atoms with Gasteiger partial charge in [-0.3, -0.25) is 0 Å². The van der Waals surface area contributed by atoms with Crippen molar-refractivity contribution in [3.8, 4) is 11.1 Å². The SMILES string of the molecule is C=C/C=C(\C=C)c1ccc(N(c2ccc(-c3ccc(N(C)c4ccc(C)cc4)cc3)cc2)c2ccc3ccccc3c2)cc1. The third-order valence-electron chi connectivity index (χ3n) is 8.10. The Balaban J connectivity index is 1.33. The topological polar surface area (TPSA) is 6.48 Å². The van der Waals surface area contributed by atoms with Crippen molar-refractivity contribution in [2.75, 3.05) is 16.8 Å². The molecule has 0 unspecified atom stereocenters. The second-order valence-corrected chi connectivity index (χ2v) is 11.0. The van der Waals surface area contributed by atoms with Crippen molar-refractivity contribution >= 4 is 44.8 Å². The van der Waals surface area contributed by atoms with Crippen LogP contribution in [0.2, 0.25) is 0 Å². The zero-order chi connectivity index (χ0) is 30.5. The van der Waals surface area contributed by atoms with Crippen LogP contribution in [0.5, 0.6) is 0 Å². The first kappa shape index (κ1) is 28.5. The van der Waals surface area contributed by atoms with E-state index in [1.165, 1.54) is 33.2 Å². The van der Waals surface area contributed by atoms with Crippen LogP contribution in [-0.2, 0) is 0 Å². The largest absolute Gasteiger partial charge is 0.345 e. The molecular formula is C42H36N2. The molecule has 0 aliphatic heterocycles. The first-order valence-corrected chi connectivity index (χ1v) is 14.9. The molecule has 0 aliphatic carbocycles. The number of hydrogen-bond donors (Lipinski definition) is 0. The van der Waals surface area contributed by atoms with Crippen molar-refractivity contribution < 1.29 is 0 Å². The summed E-state index contributed by atoms with van der Waals surface area (Å²) in [7, 11) is 2.11. The van der Waals surface area contributed by atoms with Crippen molar-refractivity contribution in [3.05, 3.63) is 182 Å². The quantitative estimate of drug-likeness (QED) is 0.160. The summed E-state index contributed by atoms with van der Waals surface area (Å²) in [5.74, 6) is 0. The summed E-state index contributed by atoms with van der Waals surface area (Å²) in [6, 6.07) is 50.0. The number of fused-ring (bicyclic) bond motifs is 1. The second-order valence-electron chi connectivity index (χ2n) is 11.0. The summed E-state index contributed by atoms with van der Waals surface area (Å²) >= 11 is 0. The van der Waals surface area contributed by atoms with Crippen molar-refractivity contribution in [2.24, 2.45) is 0 Å². The smallest absolute Gasteiger partial charge is 0.0468 e. The van der Waals surface area contributed by atoms with E-state index in [0.29, 0.717) is 0 Å². The summed E-state index contributed by atoms with van der Waals surface area (Å²) in [5, 5.41) is 2.44. The Morgan fingerprint density at radius 3 is 1.61 bits per heavy atom. The van der Waals surface area contributed by atoms with E-state index in [0.717, 1.165) is 33.9 Å². The highest BCUT2D eigenvalue weighted by Crippen LogP contribution is 2.38. The van der Waals surface area contributed by atoms with Gasteiger partial charge in [-0.05, 0) is 101 Å². The molecule has 0 heterocycles. The maximum Gasteiger partial charge on any atom is 0.0468 e. The van der Waals surface area contributed by atoms with E-state index in [1.807, 2.05) is 12.2 Å².